The van der Waals surface area contributed by atoms with E-state index in [4.69, 9.17) is 27.9 Å². The van der Waals surface area contributed by atoms with Crippen molar-refractivity contribution in [2.45, 2.75) is 6.04 Å². The number of aromatic nitrogens is 1. The summed E-state index contributed by atoms with van der Waals surface area (Å²) in [7, 11) is 1.24. The highest BCUT2D eigenvalue weighted by atomic mass is 79.9. The van der Waals surface area contributed by atoms with Crippen molar-refractivity contribution < 1.29 is 18.3 Å². The van der Waals surface area contributed by atoms with Gasteiger partial charge >= 0.3 is 5.97 Å². The Balaban J connectivity index is 2.20. The van der Waals surface area contributed by atoms with E-state index < -0.39 is 23.6 Å². The molecule has 1 unspecified atom stereocenters. The van der Waals surface area contributed by atoms with Gasteiger partial charge in [0.15, 0.2) is 11.7 Å². The molecule has 1 aromatic heterocycles. The van der Waals surface area contributed by atoms with Crippen LogP contribution in [0, 0.1) is 11.6 Å². The molecule has 2 aromatic rings. The summed E-state index contributed by atoms with van der Waals surface area (Å²) >= 11 is 15.6. The van der Waals surface area contributed by atoms with Gasteiger partial charge in [-0.05, 0) is 12.1 Å². The summed E-state index contributed by atoms with van der Waals surface area (Å²) in [6, 6.07) is 4.51. The van der Waals surface area contributed by atoms with Crippen LogP contribution < -0.4 is 5.32 Å². The molecule has 0 saturated heterocycles. The van der Waals surface area contributed by atoms with E-state index in [1.807, 2.05) is 0 Å². The summed E-state index contributed by atoms with van der Waals surface area (Å²) in [6.45, 7) is 0. The number of alkyl halides is 1. The first-order valence-corrected chi connectivity index (χ1v) is 9.72. The molecule has 0 radical (unpaired) electrons. The van der Waals surface area contributed by atoms with E-state index in [0.717, 1.165) is 6.20 Å². The highest BCUT2D eigenvalue weighted by Crippen LogP contribution is 2.37. The monoisotopic (exact) mass is 489 g/mol. The first-order valence-electron chi connectivity index (χ1n) is 7.84. The summed E-state index contributed by atoms with van der Waals surface area (Å²) in [5, 5.41) is 3.75. The van der Waals surface area contributed by atoms with Gasteiger partial charge in [-0.15, -0.1) is 0 Å². The van der Waals surface area contributed by atoms with Crippen molar-refractivity contribution in [2.75, 3.05) is 12.4 Å². The Bertz CT molecular complexity index is 1010. The largest absolute Gasteiger partial charge is 0.466 e. The molecule has 0 bridgehead atoms. The number of ether oxygens (including phenoxy) is 1. The van der Waals surface area contributed by atoms with Crippen LogP contribution in [0.25, 0.3) is 0 Å². The van der Waals surface area contributed by atoms with Crippen LogP contribution in [0.2, 0.25) is 10.0 Å². The van der Waals surface area contributed by atoms with Gasteiger partial charge in [-0.25, -0.2) is 18.6 Å². The summed E-state index contributed by atoms with van der Waals surface area (Å²) in [4.78, 5) is 20.6. The Morgan fingerprint density at radius 1 is 1.32 bits per heavy atom. The number of benzene rings is 1. The Morgan fingerprint density at radius 2 is 2.07 bits per heavy atom. The summed E-state index contributed by atoms with van der Waals surface area (Å²) in [5.74, 6) is -2.33. The molecule has 10 heteroatoms. The standard InChI is InChI=1S/C18H12BrCl2F2N3O2/c1-28-18(27)14-13(6-19)25-17(16-12(23)5-9(22)7-24-16)26-15(14)10-3-2-8(20)4-11(10)21/h2-5,7,15H,6H2,1H3,(H,25,26). The molecule has 1 aromatic carbocycles. The highest BCUT2D eigenvalue weighted by Gasteiger charge is 2.33. The Hall–Kier alpha value is -2.03. The molecule has 1 N–H and O–H groups in total. The number of amidine groups is 1. The third kappa shape index (κ3) is 4.04. The predicted molar refractivity (Wildman–Crippen MR) is 106 cm³/mol. The number of methoxy groups -OCH3 is 1. The Labute approximate surface area is 177 Å². The minimum Gasteiger partial charge on any atom is -0.466 e. The fraction of sp³-hybridized carbons (Fsp3) is 0.167. The van der Waals surface area contributed by atoms with Crippen LogP contribution in [0.3, 0.4) is 0 Å². The third-order valence-electron chi connectivity index (χ3n) is 3.95. The lowest BCUT2D eigenvalue weighted by Crippen LogP contribution is -2.35. The average Bonchev–Trinajstić information content (AvgIpc) is 2.66. The minimum atomic E-state index is -0.910. The number of carbonyl (C=O) groups excluding carboxylic acids is 1. The van der Waals surface area contributed by atoms with Crippen LogP contribution in [0.5, 0.6) is 0 Å². The van der Waals surface area contributed by atoms with Gasteiger partial charge in [-0.1, -0.05) is 45.2 Å². The number of nitrogens with zero attached hydrogens (tertiary/aromatic N) is 2. The zero-order valence-corrected chi connectivity index (χ0v) is 17.4. The van der Waals surface area contributed by atoms with Crippen molar-refractivity contribution in [1.82, 2.24) is 10.3 Å². The van der Waals surface area contributed by atoms with Crippen LogP contribution in [-0.4, -0.2) is 29.2 Å². The zero-order valence-electron chi connectivity index (χ0n) is 14.3. The summed E-state index contributed by atoms with van der Waals surface area (Å²) < 4.78 is 32.4. The number of nitrogens with one attached hydrogen (secondary N) is 1. The van der Waals surface area contributed by atoms with Gasteiger partial charge in [0.2, 0.25) is 0 Å². The lowest BCUT2D eigenvalue weighted by atomic mass is 9.95. The fourth-order valence-corrected chi connectivity index (χ4v) is 3.66. The number of allylic oxidation sites excluding steroid dienone is 1. The molecule has 0 amide bonds. The quantitative estimate of drug-likeness (QED) is 0.503. The van der Waals surface area contributed by atoms with Crippen LogP contribution in [0.1, 0.15) is 17.3 Å². The molecule has 28 heavy (non-hydrogen) atoms. The molecule has 0 fully saturated rings. The summed E-state index contributed by atoms with van der Waals surface area (Å²) in [5.41, 5.74) is 0.846. The normalized spacial score (nSPS) is 16.5. The molecule has 0 saturated carbocycles. The van der Waals surface area contributed by atoms with Crippen molar-refractivity contribution in [3.05, 3.63) is 74.7 Å². The predicted octanol–water partition coefficient (Wildman–Crippen LogP) is 4.58. The van der Waals surface area contributed by atoms with Crippen molar-refractivity contribution >= 4 is 50.9 Å². The number of halogens is 5. The minimum absolute atomic E-state index is 0.0237. The molecular weight excluding hydrogens is 479 g/mol. The van der Waals surface area contributed by atoms with E-state index in [1.54, 1.807) is 12.1 Å². The van der Waals surface area contributed by atoms with Gasteiger partial charge in [0.25, 0.3) is 0 Å². The third-order valence-corrected chi connectivity index (χ3v) is 5.08. The van der Waals surface area contributed by atoms with Crippen LogP contribution in [0.15, 0.2) is 46.7 Å². The van der Waals surface area contributed by atoms with Crippen LogP contribution in [-0.2, 0) is 9.53 Å². The van der Waals surface area contributed by atoms with Crippen molar-refractivity contribution in [3.8, 4) is 0 Å². The van der Waals surface area contributed by atoms with Gasteiger partial charge < -0.3 is 10.1 Å². The number of pyridine rings is 1. The Morgan fingerprint density at radius 3 is 2.68 bits per heavy atom. The molecular formula is C18H12BrCl2F2N3O2. The van der Waals surface area contributed by atoms with E-state index in [-0.39, 0.29) is 27.5 Å². The van der Waals surface area contributed by atoms with Crippen molar-refractivity contribution in [2.24, 2.45) is 4.99 Å². The number of hydrogen-bond donors (Lipinski definition) is 1. The van der Waals surface area contributed by atoms with Gasteiger partial charge in [0.05, 0.1) is 18.9 Å². The maximum Gasteiger partial charge on any atom is 0.338 e. The molecule has 5 nitrogen and oxygen atoms in total. The van der Waals surface area contributed by atoms with Gasteiger partial charge in [0, 0.05) is 32.7 Å². The molecule has 0 spiro atoms. The molecule has 1 atom stereocenters. The van der Waals surface area contributed by atoms with Gasteiger partial charge in [-0.2, -0.15) is 0 Å². The topological polar surface area (TPSA) is 63.6 Å². The van der Waals surface area contributed by atoms with Crippen molar-refractivity contribution in [3.63, 3.8) is 0 Å². The van der Waals surface area contributed by atoms with Crippen LogP contribution in [0.4, 0.5) is 8.78 Å². The first-order chi connectivity index (χ1) is 13.3. The van der Waals surface area contributed by atoms with Gasteiger partial charge in [-0.3, -0.25) is 4.99 Å². The number of carbonyl (C=O) groups is 1. The van der Waals surface area contributed by atoms with E-state index >= 15 is 0 Å². The molecule has 146 valence electrons. The second-order valence-corrected chi connectivity index (χ2v) is 7.08. The number of aliphatic imine (C=N–C) groups is 1. The lowest BCUT2D eigenvalue weighted by molar-refractivity contribution is -0.136. The van der Waals surface area contributed by atoms with Crippen molar-refractivity contribution in [1.29, 1.82) is 0 Å². The lowest BCUT2D eigenvalue weighted by Gasteiger charge is -2.27. The first kappa shape index (κ1) is 20.7. The van der Waals surface area contributed by atoms with E-state index in [2.05, 4.69) is 31.2 Å². The molecule has 0 aliphatic carbocycles. The Kier molecular flexibility index (Phi) is 6.32. The number of esters is 1. The average molecular weight is 491 g/mol. The molecule has 2 heterocycles. The molecule has 3 rings (SSSR count). The maximum atomic E-state index is 14.3. The molecule has 1 aliphatic rings. The maximum absolute atomic E-state index is 14.3. The second-order valence-electron chi connectivity index (χ2n) is 5.67. The van der Waals surface area contributed by atoms with Gasteiger partial charge in [0.1, 0.15) is 17.6 Å². The van der Waals surface area contributed by atoms with E-state index in [9.17, 15) is 13.6 Å². The zero-order chi connectivity index (χ0) is 20.4. The fourth-order valence-electron chi connectivity index (χ4n) is 2.71. The number of rotatable bonds is 4. The van der Waals surface area contributed by atoms with Crippen LogP contribution >= 0.6 is 39.1 Å². The SMILES string of the molecule is COC(=O)C1=C(CBr)NC(c2ncc(F)cc2F)=NC1c1ccc(Cl)cc1Cl. The number of hydrogen-bond acceptors (Lipinski definition) is 5. The smallest absolute Gasteiger partial charge is 0.338 e. The van der Waals surface area contributed by atoms with E-state index in [0.29, 0.717) is 22.3 Å². The second kappa shape index (κ2) is 8.55. The molecule has 1 aliphatic heterocycles. The summed E-state index contributed by atoms with van der Waals surface area (Å²) in [6.07, 6.45) is 0.875. The van der Waals surface area contributed by atoms with E-state index in [1.165, 1.54) is 13.2 Å². The highest BCUT2D eigenvalue weighted by molar-refractivity contribution is 9.09.